The van der Waals surface area contributed by atoms with Gasteiger partial charge in [0.1, 0.15) is 17.7 Å². The van der Waals surface area contributed by atoms with Crippen molar-refractivity contribution >= 4 is 17.9 Å². The molecular weight excluding hydrogens is 454 g/mol. The maximum absolute atomic E-state index is 14.2. The maximum Gasteiger partial charge on any atom is 0.408 e. The van der Waals surface area contributed by atoms with Gasteiger partial charge in [-0.2, -0.15) is 0 Å². The minimum absolute atomic E-state index is 0.0400. The summed E-state index contributed by atoms with van der Waals surface area (Å²) in [5.74, 6) is -0.537. The van der Waals surface area contributed by atoms with Crippen molar-refractivity contribution in [1.82, 2.24) is 15.5 Å². The average molecular weight is 500 g/mol. The molecule has 36 heavy (non-hydrogen) atoms. The molecule has 2 N–H and O–H groups in total. The largest absolute Gasteiger partial charge is 0.444 e. The molecule has 0 radical (unpaired) electrons. The van der Waals surface area contributed by atoms with E-state index in [4.69, 9.17) is 4.74 Å². The van der Waals surface area contributed by atoms with Crippen molar-refractivity contribution < 1.29 is 19.1 Å². The Morgan fingerprint density at radius 1 is 1.00 bits per heavy atom. The highest BCUT2D eigenvalue weighted by Gasteiger charge is 2.43. The number of aryl methyl sites for hydroxylation is 1. The smallest absolute Gasteiger partial charge is 0.408 e. The molecule has 1 aromatic rings. The number of benzene rings is 1. The Morgan fingerprint density at radius 2 is 1.67 bits per heavy atom. The Bertz CT molecular complexity index is 913. The van der Waals surface area contributed by atoms with Gasteiger partial charge < -0.3 is 20.3 Å². The van der Waals surface area contributed by atoms with Gasteiger partial charge in [0.25, 0.3) is 0 Å². The normalized spacial score (nSPS) is 18.6. The van der Waals surface area contributed by atoms with Crippen molar-refractivity contribution in [2.75, 3.05) is 0 Å². The first-order chi connectivity index (χ1) is 17.0. The number of carbonyl (C=O) groups excluding carboxylic acids is 3. The van der Waals surface area contributed by atoms with E-state index in [1.54, 1.807) is 25.7 Å². The lowest BCUT2D eigenvalue weighted by atomic mass is 9.86. The number of alkyl carbamates (subject to hydrolysis) is 1. The summed E-state index contributed by atoms with van der Waals surface area (Å²) in [5, 5.41) is 6.08. The monoisotopic (exact) mass is 499 g/mol. The third-order valence-corrected chi connectivity index (χ3v) is 7.16. The number of rotatable bonds is 8. The van der Waals surface area contributed by atoms with Gasteiger partial charge >= 0.3 is 6.09 Å². The molecule has 2 saturated carbocycles. The van der Waals surface area contributed by atoms with Crippen molar-refractivity contribution in [2.24, 2.45) is 5.92 Å². The molecule has 0 heterocycles. The molecule has 7 nitrogen and oxygen atoms in total. The molecule has 0 aliphatic heterocycles. The van der Waals surface area contributed by atoms with Gasteiger partial charge in [-0.15, -0.1) is 0 Å². The lowest BCUT2D eigenvalue weighted by Crippen LogP contribution is -2.59. The van der Waals surface area contributed by atoms with Crippen molar-refractivity contribution in [2.45, 2.75) is 123 Å². The second-order valence-electron chi connectivity index (χ2n) is 11.9. The summed E-state index contributed by atoms with van der Waals surface area (Å²) in [7, 11) is 0. The van der Waals surface area contributed by atoms with Crippen LogP contribution in [0.15, 0.2) is 24.3 Å². The molecule has 2 aliphatic carbocycles. The van der Waals surface area contributed by atoms with Gasteiger partial charge in [-0.05, 0) is 71.3 Å². The van der Waals surface area contributed by atoms with Crippen LogP contribution in [0.25, 0.3) is 0 Å². The highest BCUT2D eigenvalue weighted by molar-refractivity contribution is 5.92. The van der Waals surface area contributed by atoms with E-state index < -0.39 is 23.8 Å². The number of hydrogen-bond acceptors (Lipinski definition) is 4. The lowest BCUT2D eigenvalue weighted by Gasteiger charge is -2.44. The molecule has 3 rings (SSSR count). The van der Waals surface area contributed by atoms with Crippen LogP contribution in [0.4, 0.5) is 4.79 Å². The molecule has 2 fully saturated rings. The molecule has 0 saturated heterocycles. The Hall–Kier alpha value is -2.57. The zero-order valence-corrected chi connectivity index (χ0v) is 22.9. The third kappa shape index (κ3) is 7.47. The topological polar surface area (TPSA) is 87.7 Å². The van der Waals surface area contributed by atoms with Crippen LogP contribution in [0.5, 0.6) is 0 Å². The quantitative estimate of drug-likeness (QED) is 0.500. The SMILES string of the molecule is Cc1cccc(C(C(=O)NC2CCCCC2)N(C(=O)C(NC(=O)OC(C)(C)C)C(C)C)C2CCC2)c1. The summed E-state index contributed by atoms with van der Waals surface area (Å²) in [4.78, 5) is 42.5. The predicted molar refractivity (Wildman–Crippen MR) is 141 cm³/mol. The van der Waals surface area contributed by atoms with Crippen molar-refractivity contribution in [3.8, 4) is 0 Å². The Kier molecular flexibility index (Phi) is 9.42. The molecule has 2 aliphatic rings. The fraction of sp³-hybridized carbons (Fsp3) is 0.690. The van der Waals surface area contributed by atoms with E-state index in [0.29, 0.717) is 0 Å². The first kappa shape index (κ1) is 28.0. The summed E-state index contributed by atoms with van der Waals surface area (Å²) in [6.07, 6.45) is 7.46. The van der Waals surface area contributed by atoms with Crippen LogP contribution in [-0.4, -0.2) is 46.5 Å². The average Bonchev–Trinajstić information content (AvgIpc) is 2.74. The number of amides is 3. The van der Waals surface area contributed by atoms with Crippen molar-refractivity contribution in [3.63, 3.8) is 0 Å². The van der Waals surface area contributed by atoms with Gasteiger partial charge in [0.2, 0.25) is 11.8 Å². The number of nitrogens with one attached hydrogen (secondary N) is 2. The van der Waals surface area contributed by atoms with E-state index in [2.05, 4.69) is 10.6 Å². The van der Waals surface area contributed by atoms with E-state index in [-0.39, 0.29) is 29.8 Å². The lowest BCUT2D eigenvalue weighted by molar-refractivity contribution is -0.148. The summed E-state index contributed by atoms with van der Waals surface area (Å²) in [6, 6.07) is 6.42. The van der Waals surface area contributed by atoms with Crippen LogP contribution >= 0.6 is 0 Å². The van der Waals surface area contributed by atoms with Crippen LogP contribution in [0, 0.1) is 12.8 Å². The Morgan fingerprint density at radius 3 is 2.19 bits per heavy atom. The van der Waals surface area contributed by atoms with Crippen LogP contribution in [-0.2, 0) is 14.3 Å². The maximum atomic E-state index is 14.2. The van der Waals surface area contributed by atoms with Gasteiger partial charge in [-0.3, -0.25) is 9.59 Å². The fourth-order valence-corrected chi connectivity index (χ4v) is 5.10. The minimum Gasteiger partial charge on any atom is -0.444 e. The molecule has 1 aromatic carbocycles. The molecule has 7 heteroatoms. The van der Waals surface area contributed by atoms with Crippen LogP contribution in [0.1, 0.15) is 103 Å². The Balaban J connectivity index is 1.95. The molecule has 2 atom stereocenters. The van der Waals surface area contributed by atoms with Gasteiger partial charge in [-0.1, -0.05) is 62.9 Å². The van der Waals surface area contributed by atoms with Gasteiger partial charge in [0, 0.05) is 12.1 Å². The van der Waals surface area contributed by atoms with E-state index in [9.17, 15) is 14.4 Å². The molecule has 0 spiro atoms. The van der Waals surface area contributed by atoms with Crippen LogP contribution in [0.3, 0.4) is 0 Å². The number of carbonyl (C=O) groups is 3. The molecule has 2 unspecified atom stereocenters. The number of nitrogens with zero attached hydrogens (tertiary/aromatic N) is 1. The minimum atomic E-state index is -0.796. The van der Waals surface area contributed by atoms with E-state index in [1.807, 2.05) is 45.0 Å². The Labute approximate surface area is 216 Å². The standard InChI is InChI=1S/C29H45N3O4/c1-19(2)24(31-28(35)36-29(4,5)6)27(34)32(23-16-11-17-23)25(21-13-10-12-20(3)18-21)26(33)30-22-14-8-7-9-15-22/h10,12-13,18-19,22-25H,7-9,11,14-17H2,1-6H3,(H,30,33)(H,31,35). The fourth-order valence-electron chi connectivity index (χ4n) is 5.10. The number of hydrogen-bond donors (Lipinski definition) is 2. The first-order valence-electron chi connectivity index (χ1n) is 13.6. The summed E-state index contributed by atoms with van der Waals surface area (Å²) < 4.78 is 5.46. The van der Waals surface area contributed by atoms with E-state index in [1.165, 1.54) is 6.42 Å². The van der Waals surface area contributed by atoms with E-state index in [0.717, 1.165) is 56.1 Å². The second-order valence-corrected chi connectivity index (χ2v) is 11.9. The molecule has 200 valence electrons. The van der Waals surface area contributed by atoms with Crippen molar-refractivity contribution in [1.29, 1.82) is 0 Å². The van der Waals surface area contributed by atoms with E-state index >= 15 is 0 Å². The van der Waals surface area contributed by atoms with Gasteiger partial charge in [-0.25, -0.2) is 4.79 Å². The summed E-state index contributed by atoms with van der Waals surface area (Å²) in [5.41, 5.74) is 1.17. The number of ether oxygens (including phenoxy) is 1. The highest BCUT2D eigenvalue weighted by atomic mass is 16.6. The second kappa shape index (κ2) is 12.1. The van der Waals surface area contributed by atoms with Crippen molar-refractivity contribution in [3.05, 3.63) is 35.4 Å². The summed E-state index contributed by atoms with van der Waals surface area (Å²) >= 11 is 0. The first-order valence-corrected chi connectivity index (χ1v) is 13.6. The molecule has 0 aromatic heterocycles. The molecule has 0 bridgehead atoms. The zero-order valence-electron chi connectivity index (χ0n) is 22.9. The summed E-state index contributed by atoms with van der Waals surface area (Å²) in [6.45, 7) is 11.2. The zero-order chi connectivity index (χ0) is 26.5. The van der Waals surface area contributed by atoms with Gasteiger partial charge in [0.05, 0.1) is 0 Å². The van der Waals surface area contributed by atoms with Crippen LogP contribution in [0.2, 0.25) is 0 Å². The highest BCUT2D eigenvalue weighted by Crippen LogP contribution is 2.35. The third-order valence-electron chi connectivity index (χ3n) is 7.16. The predicted octanol–water partition coefficient (Wildman–Crippen LogP) is 5.42. The van der Waals surface area contributed by atoms with Crippen LogP contribution < -0.4 is 10.6 Å². The van der Waals surface area contributed by atoms with Gasteiger partial charge in [0.15, 0.2) is 0 Å². The molecular formula is C29H45N3O4. The molecule has 3 amide bonds.